The lowest BCUT2D eigenvalue weighted by Crippen LogP contribution is -2.25. The van der Waals surface area contributed by atoms with E-state index in [0.717, 1.165) is 11.8 Å². The molecule has 1 saturated heterocycles. The molecule has 10 heavy (non-hydrogen) atoms. The lowest BCUT2D eigenvalue weighted by molar-refractivity contribution is 0.335. The van der Waals surface area contributed by atoms with Gasteiger partial charge < -0.3 is 4.90 Å². The zero-order valence-corrected chi connectivity index (χ0v) is 8.19. The molecule has 1 nitrogen and oxygen atoms in total. The van der Waals surface area contributed by atoms with E-state index in [4.69, 9.17) is 0 Å². The Labute approximate surface area is 70.2 Å². The molecule has 1 aliphatic heterocycles. The zero-order chi connectivity index (χ0) is 7.98. The Balaban J connectivity index is 0.000000371. The molecule has 0 aromatic heterocycles. The molecule has 1 fully saturated rings. The summed E-state index contributed by atoms with van der Waals surface area (Å²) in [6, 6.07) is 0.762. The minimum atomic E-state index is 0.762. The van der Waals surface area contributed by atoms with Crippen molar-refractivity contribution in [3.8, 4) is 0 Å². The summed E-state index contributed by atoms with van der Waals surface area (Å²) < 4.78 is 0. The van der Waals surface area contributed by atoms with Crippen molar-refractivity contribution in [2.24, 2.45) is 0 Å². The quantitative estimate of drug-likeness (QED) is 0.576. The average Bonchev–Trinajstić information content (AvgIpc) is 2.39. The number of thiol groups is 1. The van der Waals surface area contributed by atoms with Gasteiger partial charge in [-0.2, -0.15) is 12.6 Å². The normalized spacial score (nSPS) is 25.8. The van der Waals surface area contributed by atoms with Crippen LogP contribution in [0.2, 0.25) is 0 Å². The molecule has 0 spiro atoms. The average molecular weight is 161 g/mol. The maximum absolute atomic E-state index is 4.23. The predicted molar refractivity (Wildman–Crippen MR) is 50.9 cm³/mol. The molecule has 0 N–H and O–H groups in total. The first-order valence-corrected chi connectivity index (χ1v) is 4.79. The molecule has 0 amide bonds. The fourth-order valence-electron chi connectivity index (χ4n) is 1.21. The largest absolute Gasteiger partial charge is 0.303 e. The molecular weight excluding hydrogens is 142 g/mol. The zero-order valence-electron chi connectivity index (χ0n) is 7.30. The molecule has 2 heteroatoms. The van der Waals surface area contributed by atoms with Crippen LogP contribution in [-0.4, -0.2) is 30.3 Å². The van der Waals surface area contributed by atoms with Crippen molar-refractivity contribution in [3.63, 3.8) is 0 Å². The van der Waals surface area contributed by atoms with Crippen molar-refractivity contribution in [3.05, 3.63) is 0 Å². The summed E-state index contributed by atoms with van der Waals surface area (Å²) in [5, 5.41) is 0. The second-order valence-corrected chi connectivity index (χ2v) is 2.82. The van der Waals surface area contributed by atoms with Gasteiger partial charge in [0.15, 0.2) is 0 Å². The Hall–Kier alpha value is 0.310. The van der Waals surface area contributed by atoms with Crippen LogP contribution in [0.15, 0.2) is 0 Å². The number of rotatable bonds is 1. The van der Waals surface area contributed by atoms with Gasteiger partial charge in [0.25, 0.3) is 0 Å². The first-order valence-electron chi connectivity index (χ1n) is 4.15. The van der Waals surface area contributed by atoms with E-state index >= 15 is 0 Å². The fourth-order valence-corrected chi connectivity index (χ4v) is 1.67. The Morgan fingerprint density at radius 1 is 1.50 bits per heavy atom. The molecule has 1 aliphatic rings. The Kier molecular flexibility index (Phi) is 6.24. The van der Waals surface area contributed by atoms with Crippen molar-refractivity contribution < 1.29 is 0 Å². The van der Waals surface area contributed by atoms with Crippen LogP contribution in [0.5, 0.6) is 0 Å². The molecule has 1 heterocycles. The molecule has 0 aliphatic carbocycles. The van der Waals surface area contributed by atoms with Gasteiger partial charge in [0, 0.05) is 11.8 Å². The number of likely N-dealkylation sites (tertiary alicyclic amines) is 1. The van der Waals surface area contributed by atoms with Crippen molar-refractivity contribution >= 4 is 12.6 Å². The second kappa shape index (κ2) is 6.05. The molecule has 0 aromatic rings. The third kappa shape index (κ3) is 2.93. The van der Waals surface area contributed by atoms with Gasteiger partial charge in [0.2, 0.25) is 0 Å². The molecule has 1 atom stereocenters. The highest BCUT2D eigenvalue weighted by atomic mass is 32.1. The highest BCUT2D eigenvalue weighted by molar-refractivity contribution is 7.80. The summed E-state index contributed by atoms with van der Waals surface area (Å²) in [7, 11) is 2.17. The summed E-state index contributed by atoms with van der Waals surface area (Å²) in [5.41, 5.74) is 0. The second-order valence-electron chi connectivity index (χ2n) is 2.46. The topological polar surface area (TPSA) is 3.24 Å². The van der Waals surface area contributed by atoms with E-state index in [1.807, 2.05) is 13.8 Å². The van der Waals surface area contributed by atoms with Crippen LogP contribution in [-0.2, 0) is 0 Å². The summed E-state index contributed by atoms with van der Waals surface area (Å²) >= 11 is 4.23. The maximum atomic E-state index is 4.23. The van der Waals surface area contributed by atoms with E-state index < -0.39 is 0 Å². The standard InChI is InChI=1S/C6H13NS.C2H6/c1-7-4-2-3-6(7)5-8;1-2/h6,8H,2-5H2,1H3;1-2H3. The maximum Gasteiger partial charge on any atom is 0.0181 e. The van der Waals surface area contributed by atoms with E-state index in [1.165, 1.54) is 19.4 Å². The summed E-state index contributed by atoms with van der Waals surface area (Å²) in [5.74, 6) is 1.02. The van der Waals surface area contributed by atoms with Gasteiger partial charge in [-0.1, -0.05) is 13.8 Å². The Morgan fingerprint density at radius 3 is 2.30 bits per heavy atom. The van der Waals surface area contributed by atoms with Gasteiger partial charge in [0.1, 0.15) is 0 Å². The van der Waals surface area contributed by atoms with E-state index in [9.17, 15) is 0 Å². The minimum absolute atomic E-state index is 0.762. The first-order chi connectivity index (χ1) is 4.84. The molecular formula is C8H19NS. The van der Waals surface area contributed by atoms with Gasteiger partial charge in [-0.25, -0.2) is 0 Å². The van der Waals surface area contributed by atoms with Crippen LogP contribution < -0.4 is 0 Å². The van der Waals surface area contributed by atoms with Crippen molar-refractivity contribution in [2.45, 2.75) is 32.7 Å². The molecule has 0 saturated carbocycles. The molecule has 0 aromatic carbocycles. The summed E-state index contributed by atoms with van der Waals surface area (Å²) in [6.45, 7) is 5.27. The smallest absolute Gasteiger partial charge is 0.0181 e. The van der Waals surface area contributed by atoms with Gasteiger partial charge in [0.05, 0.1) is 0 Å². The minimum Gasteiger partial charge on any atom is -0.303 e. The molecule has 0 bridgehead atoms. The third-order valence-corrected chi connectivity index (χ3v) is 2.30. The molecule has 1 unspecified atom stereocenters. The fraction of sp³-hybridized carbons (Fsp3) is 1.00. The predicted octanol–water partition coefficient (Wildman–Crippen LogP) is 2.04. The van der Waals surface area contributed by atoms with Gasteiger partial charge >= 0.3 is 0 Å². The van der Waals surface area contributed by atoms with E-state index in [2.05, 4.69) is 24.6 Å². The number of nitrogens with zero attached hydrogens (tertiary/aromatic N) is 1. The molecule has 1 rings (SSSR count). The van der Waals surface area contributed by atoms with E-state index in [0.29, 0.717) is 0 Å². The number of hydrogen-bond donors (Lipinski definition) is 1. The number of hydrogen-bond acceptors (Lipinski definition) is 2. The summed E-state index contributed by atoms with van der Waals surface area (Å²) in [4.78, 5) is 2.38. The van der Waals surface area contributed by atoms with Crippen LogP contribution in [0.3, 0.4) is 0 Å². The lowest BCUT2D eigenvalue weighted by atomic mass is 10.2. The van der Waals surface area contributed by atoms with Crippen LogP contribution in [0.1, 0.15) is 26.7 Å². The third-order valence-electron chi connectivity index (χ3n) is 1.88. The molecule has 0 radical (unpaired) electrons. The lowest BCUT2D eigenvalue weighted by Gasteiger charge is -2.15. The van der Waals surface area contributed by atoms with Crippen molar-refractivity contribution in [2.75, 3.05) is 19.3 Å². The van der Waals surface area contributed by atoms with Crippen molar-refractivity contribution in [1.82, 2.24) is 4.90 Å². The van der Waals surface area contributed by atoms with Crippen molar-refractivity contribution in [1.29, 1.82) is 0 Å². The SMILES string of the molecule is CC.CN1CCCC1CS. The van der Waals surface area contributed by atoms with Crippen LogP contribution in [0.4, 0.5) is 0 Å². The van der Waals surface area contributed by atoms with Gasteiger partial charge in [-0.05, 0) is 26.4 Å². The van der Waals surface area contributed by atoms with Crippen LogP contribution in [0, 0.1) is 0 Å². The highest BCUT2D eigenvalue weighted by Gasteiger charge is 2.18. The summed E-state index contributed by atoms with van der Waals surface area (Å²) in [6.07, 6.45) is 2.71. The Bertz CT molecular complexity index is 75.7. The highest BCUT2D eigenvalue weighted by Crippen LogP contribution is 2.14. The van der Waals surface area contributed by atoms with Crippen LogP contribution in [0.25, 0.3) is 0 Å². The van der Waals surface area contributed by atoms with Gasteiger partial charge in [-0.15, -0.1) is 0 Å². The first kappa shape index (κ1) is 10.3. The Morgan fingerprint density at radius 2 is 2.10 bits per heavy atom. The molecule has 62 valence electrons. The van der Waals surface area contributed by atoms with Crippen LogP contribution >= 0.6 is 12.6 Å². The van der Waals surface area contributed by atoms with Gasteiger partial charge in [-0.3, -0.25) is 0 Å². The monoisotopic (exact) mass is 161 g/mol. The van der Waals surface area contributed by atoms with E-state index in [-0.39, 0.29) is 0 Å². The van der Waals surface area contributed by atoms with E-state index in [1.54, 1.807) is 0 Å².